The Morgan fingerprint density at radius 3 is 2.60 bits per heavy atom. The van der Waals surface area contributed by atoms with Crippen molar-refractivity contribution in [1.82, 2.24) is 4.90 Å². The molecule has 0 aromatic heterocycles. The molecule has 2 aliphatic heterocycles. The van der Waals surface area contributed by atoms with Crippen LogP contribution in [-0.4, -0.2) is 60.6 Å². The fraction of sp³-hybridized carbons (Fsp3) is 0.923. The highest BCUT2D eigenvalue weighted by atomic mass is 28.3. The zero-order valence-electron chi connectivity index (χ0n) is 12.6. The van der Waals surface area contributed by atoms with Crippen LogP contribution in [0.4, 0.5) is 4.79 Å². The van der Waals surface area contributed by atoms with Gasteiger partial charge in [-0.25, -0.2) is 4.79 Å². The minimum atomic E-state index is -1.24. The molecule has 2 heterocycles. The molecule has 7 heteroatoms. The Hall–Kier alpha value is -0.633. The molecular formula is C13H25NO5Si. The first-order valence-electron chi connectivity index (χ1n) is 7.17. The third-order valence-corrected chi connectivity index (χ3v) is 5.90. The molecule has 2 aliphatic rings. The highest BCUT2D eigenvalue weighted by Gasteiger charge is 2.52. The highest BCUT2D eigenvalue weighted by Crippen LogP contribution is 2.39. The third kappa shape index (κ3) is 3.16. The van der Waals surface area contributed by atoms with Crippen LogP contribution in [0.1, 0.15) is 13.3 Å². The standard InChI is InChI=1S/C13H25NO5Si/c1-8-9-7-10(12(16)19-11(9)15)14(8)13(17)18-5-6-20(2,3)4/h8-12,15-16H,5-7H2,1-4H3/t8-,9+,10+,11?,12?/m0/s1. The van der Waals surface area contributed by atoms with Crippen molar-refractivity contribution in [2.45, 2.75) is 63.7 Å². The number of ether oxygens (including phenoxy) is 2. The predicted octanol–water partition coefficient (Wildman–Crippen LogP) is 1.21. The van der Waals surface area contributed by atoms with Gasteiger partial charge in [-0.15, -0.1) is 0 Å². The van der Waals surface area contributed by atoms with E-state index in [1.165, 1.54) is 4.90 Å². The molecule has 0 saturated carbocycles. The van der Waals surface area contributed by atoms with Gasteiger partial charge >= 0.3 is 6.09 Å². The van der Waals surface area contributed by atoms with Crippen LogP contribution in [0.3, 0.4) is 0 Å². The van der Waals surface area contributed by atoms with Gasteiger partial charge in [0.05, 0.1) is 12.6 Å². The number of aliphatic hydroxyl groups is 2. The Balaban J connectivity index is 1.96. The van der Waals surface area contributed by atoms with Gasteiger partial charge in [0.25, 0.3) is 0 Å². The molecular weight excluding hydrogens is 278 g/mol. The van der Waals surface area contributed by atoms with Crippen molar-refractivity contribution in [3.8, 4) is 0 Å². The van der Waals surface area contributed by atoms with Gasteiger partial charge < -0.3 is 19.7 Å². The Labute approximate surface area is 120 Å². The fourth-order valence-corrected chi connectivity index (χ4v) is 3.58. The monoisotopic (exact) mass is 303 g/mol. The molecule has 6 nitrogen and oxygen atoms in total. The Bertz CT molecular complexity index is 372. The summed E-state index contributed by atoms with van der Waals surface area (Å²) in [5, 5.41) is 19.6. The van der Waals surface area contributed by atoms with Crippen LogP contribution >= 0.6 is 0 Å². The lowest BCUT2D eigenvalue weighted by atomic mass is 9.97. The topological polar surface area (TPSA) is 79.2 Å². The van der Waals surface area contributed by atoms with Crippen LogP contribution in [0.2, 0.25) is 25.7 Å². The third-order valence-electron chi connectivity index (χ3n) is 4.19. The highest BCUT2D eigenvalue weighted by molar-refractivity contribution is 6.76. The number of hydrogen-bond acceptors (Lipinski definition) is 5. The zero-order chi connectivity index (χ0) is 15.1. The van der Waals surface area contributed by atoms with E-state index in [2.05, 4.69) is 19.6 Å². The molecule has 1 amide bonds. The molecule has 0 radical (unpaired) electrons. The van der Waals surface area contributed by atoms with Crippen LogP contribution in [0.25, 0.3) is 0 Å². The van der Waals surface area contributed by atoms with Crippen molar-refractivity contribution in [3.63, 3.8) is 0 Å². The maximum absolute atomic E-state index is 12.2. The van der Waals surface area contributed by atoms with Crippen LogP contribution in [0, 0.1) is 5.92 Å². The van der Waals surface area contributed by atoms with Crippen LogP contribution in [0.15, 0.2) is 0 Å². The summed E-state index contributed by atoms with van der Waals surface area (Å²) in [6.45, 7) is 8.94. The Kier molecular flexibility index (Phi) is 4.43. The summed E-state index contributed by atoms with van der Waals surface area (Å²) in [4.78, 5) is 13.7. The summed E-state index contributed by atoms with van der Waals surface area (Å²) in [5.41, 5.74) is 0. The summed E-state index contributed by atoms with van der Waals surface area (Å²) >= 11 is 0. The number of amides is 1. The first kappa shape index (κ1) is 15.8. The van der Waals surface area contributed by atoms with Crippen molar-refractivity contribution >= 4 is 14.2 Å². The summed E-state index contributed by atoms with van der Waals surface area (Å²) in [5.74, 6) is -0.159. The number of likely N-dealkylation sites (tertiary alicyclic amines) is 1. The number of rotatable bonds is 3. The number of hydrogen-bond donors (Lipinski definition) is 2. The van der Waals surface area contributed by atoms with Crippen LogP contribution < -0.4 is 0 Å². The summed E-state index contributed by atoms with van der Waals surface area (Å²) in [7, 11) is -1.24. The van der Waals surface area contributed by atoms with E-state index in [1.807, 2.05) is 6.92 Å². The lowest BCUT2D eigenvalue weighted by Crippen LogP contribution is -2.46. The Morgan fingerprint density at radius 2 is 2.00 bits per heavy atom. The first-order valence-corrected chi connectivity index (χ1v) is 10.9. The van der Waals surface area contributed by atoms with Crippen molar-refractivity contribution in [3.05, 3.63) is 0 Å². The molecule has 2 bridgehead atoms. The fourth-order valence-electron chi connectivity index (χ4n) is 2.86. The summed E-state index contributed by atoms with van der Waals surface area (Å²) < 4.78 is 10.4. The van der Waals surface area contributed by atoms with E-state index in [0.717, 1.165) is 6.04 Å². The first-order chi connectivity index (χ1) is 9.20. The molecule has 0 aliphatic carbocycles. The molecule has 2 unspecified atom stereocenters. The molecule has 0 spiro atoms. The number of fused-ring (bicyclic) bond motifs is 2. The molecule has 2 rings (SSSR count). The molecule has 2 N–H and O–H groups in total. The van der Waals surface area contributed by atoms with Crippen LogP contribution in [0.5, 0.6) is 0 Å². The molecule has 0 aromatic rings. The molecule has 2 saturated heterocycles. The SMILES string of the molecule is C[C@H]1[C@H]2C[C@H](C(O)OC2O)N1C(=O)OCC[Si](C)(C)C. The number of aliphatic hydroxyl groups excluding tert-OH is 2. The number of carbonyl (C=O) groups excluding carboxylic acids is 1. The zero-order valence-corrected chi connectivity index (χ0v) is 13.6. The van der Waals surface area contributed by atoms with Gasteiger partial charge in [-0.1, -0.05) is 19.6 Å². The van der Waals surface area contributed by atoms with E-state index in [4.69, 9.17) is 9.47 Å². The molecule has 20 heavy (non-hydrogen) atoms. The van der Waals surface area contributed by atoms with Crippen LogP contribution in [-0.2, 0) is 9.47 Å². The van der Waals surface area contributed by atoms with Gasteiger partial charge in [0.2, 0.25) is 0 Å². The molecule has 116 valence electrons. The van der Waals surface area contributed by atoms with E-state index in [9.17, 15) is 15.0 Å². The van der Waals surface area contributed by atoms with E-state index in [-0.39, 0.29) is 12.0 Å². The maximum atomic E-state index is 12.2. The quantitative estimate of drug-likeness (QED) is 0.766. The minimum absolute atomic E-state index is 0.159. The van der Waals surface area contributed by atoms with Gasteiger partial charge in [0, 0.05) is 20.0 Å². The summed E-state index contributed by atoms with van der Waals surface area (Å²) in [6, 6.07) is 0.306. The molecule has 2 fully saturated rings. The van der Waals surface area contributed by atoms with Gasteiger partial charge in [-0.3, -0.25) is 4.90 Å². The minimum Gasteiger partial charge on any atom is -0.450 e. The van der Waals surface area contributed by atoms with E-state index in [0.29, 0.717) is 13.0 Å². The average Bonchev–Trinajstić information content (AvgIpc) is 2.60. The summed E-state index contributed by atoms with van der Waals surface area (Å²) in [6.07, 6.45) is -2.03. The lowest BCUT2D eigenvalue weighted by Gasteiger charge is -2.30. The van der Waals surface area contributed by atoms with E-state index in [1.54, 1.807) is 0 Å². The van der Waals surface area contributed by atoms with E-state index < -0.39 is 32.8 Å². The normalized spacial score (nSPS) is 37.1. The van der Waals surface area contributed by atoms with Crippen molar-refractivity contribution < 1.29 is 24.5 Å². The largest absolute Gasteiger partial charge is 0.450 e. The maximum Gasteiger partial charge on any atom is 0.410 e. The van der Waals surface area contributed by atoms with Crippen molar-refractivity contribution in [2.24, 2.45) is 5.92 Å². The average molecular weight is 303 g/mol. The predicted molar refractivity (Wildman–Crippen MR) is 75.8 cm³/mol. The number of carbonyl (C=O) groups is 1. The van der Waals surface area contributed by atoms with Gasteiger partial charge in [0.1, 0.15) is 0 Å². The molecule has 0 aromatic carbocycles. The van der Waals surface area contributed by atoms with Crippen molar-refractivity contribution in [2.75, 3.05) is 6.61 Å². The smallest absolute Gasteiger partial charge is 0.410 e. The van der Waals surface area contributed by atoms with Gasteiger partial charge in [-0.2, -0.15) is 0 Å². The molecule has 5 atom stereocenters. The van der Waals surface area contributed by atoms with Gasteiger partial charge in [-0.05, 0) is 19.4 Å². The second-order valence-corrected chi connectivity index (χ2v) is 12.6. The Morgan fingerprint density at radius 1 is 1.35 bits per heavy atom. The van der Waals surface area contributed by atoms with E-state index >= 15 is 0 Å². The van der Waals surface area contributed by atoms with Crippen molar-refractivity contribution in [1.29, 1.82) is 0 Å². The second kappa shape index (κ2) is 5.63. The second-order valence-electron chi connectivity index (χ2n) is 6.96. The van der Waals surface area contributed by atoms with Gasteiger partial charge in [0.15, 0.2) is 12.6 Å². The lowest BCUT2D eigenvalue weighted by molar-refractivity contribution is -0.252. The number of nitrogens with zero attached hydrogens (tertiary/aromatic N) is 1.